The predicted molar refractivity (Wildman–Crippen MR) is 124 cm³/mol. The van der Waals surface area contributed by atoms with Crippen LogP contribution in [-0.2, 0) is 9.31 Å². The van der Waals surface area contributed by atoms with Gasteiger partial charge >= 0.3 is 7.12 Å². The molecule has 1 fully saturated rings. The van der Waals surface area contributed by atoms with E-state index in [9.17, 15) is 4.79 Å². The summed E-state index contributed by atoms with van der Waals surface area (Å²) in [6, 6.07) is 13.1. The van der Waals surface area contributed by atoms with Crippen molar-refractivity contribution in [1.82, 2.24) is 4.98 Å². The molecule has 158 valence electrons. The zero-order valence-electron chi connectivity index (χ0n) is 18.6. The van der Waals surface area contributed by atoms with E-state index < -0.39 is 18.3 Å². The number of hydrogen-bond acceptors (Lipinski definition) is 6. The molecule has 0 amide bonds. The zero-order valence-corrected chi connectivity index (χ0v) is 18.6. The van der Waals surface area contributed by atoms with Crippen LogP contribution in [0.1, 0.15) is 27.7 Å². The molecule has 0 spiro atoms. The van der Waals surface area contributed by atoms with Crippen molar-refractivity contribution in [2.24, 2.45) is 0 Å². The molecule has 5 rings (SSSR count). The molecule has 0 aromatic heterocycles. The van der Waals surface area contributed by atoms with Crippen molar-refractivity contribution < 1.29 is 13.7 Å². The molecule has 2 aromatic rings. The van der Waals surface area contributed by atoms with Gasteiger partial charge in [0.2, 0.25) is 0 Å². The van der Waals surface area contributed by atoms with E-state index in [1.54, 1.807) is 0 Å². The lowest BCUT2D eigenvalue weighted by Crippen LogP contribution is -2.41. The molecule has 1 aliphatic carbocycles. The van der Waals surface area contributed by atoms with Crippen LogP contribution in [0.15, 0.2) is 51.7 Å². The molecule has 31 heavy (non-hydrogen) atoms. The molecule has 6 nitrogen and oxygen atoms in total. The van der Waals surface area contributed by atoms with Crippen LogP contribution in [-0.4, -0.2) is 37.4 Å². The Morgan fingerprint density at radius 1 is 0.903 bits per heavy atom. The van der Waals surface area contributed by atoms with Gasteiger partial charge in [-0.1, -0.05) is 18.2 Å². The van der Waals surface area contributed by atoms with Crippen molar-refractivity contribution >= 4 is 40.1 Å². The molecule has 0 N–H and O–H groups in total. The van der Waals surface area contributed by atoms with Gasteiger partial charge < -0.3 is 18.6 Å². The van der Waals surface area contributed by atoms with Gasteiger partial charge in [-0.05, 0) is 45.3 Å². The summed E-state index contributed by atoms with van der Waals surface area (Å²) in [6.07, 6.45) is 0. The lowest BCUT2D eigenvalue weighted by Gasteiger charge is -2.32. The molecule has 2 aromatic carbocycles. The van der Waals surface area contributed by atoms with Crippen molar-refractivity contribution in [3.8, 4) is 11.5 Å². The largest absolute Gasteiger partial charge is 0.494 e. The quantitative estimate of drug-likeness (QED) is 0.281. The normalized spacial score (nSPS) is 17.7. The highest BCUT2D eigenvalue weighted by atomic mass is 16.7. The molecule has 1 saturated heterocycles. The minimum absolute atomic E-state index is 0.116. The van der Waals surface area contributed by atoms with E-state index in [4.69, 9.17) is 18.7 Å². The van der Waals surface area contributed by atoms with Gasteiger partial charge in [0.25, 0.3) is 0 Å². The number of hydrogen-bond donors (Lipinski definition) is 0. The molecule has 7 heteroatoms. The van der Waals surface area contributed by atoms with E-state index in [0.29, 0.717) is 22.4 Å². The first-order chi connectivity index (χ1) is 14.6. The molecule has 0 radical (unpaired) electrons. The number of anilines is 1. The lowest BCUT2D eigenvalue weighted by molar-refractivity contribution is 0.00578. The maximum Gasteiger partial charge on any atom is 0.494 e. The fraction of sp³-hybridized carbons (Fsp3) is 0.333. The first-order valence-electron chi connectivity index (χ1n) is 10.4. The Kier molecular flexibility index (Phi) is 4.23. The van der Waals surface area contributed by atoms with Crippen LogP contribution in [0.4, 0.5) is 5.69 Å². The monoisotopic (exact) mass is 416 g/mol. The summed E-state index contributed by atoms with van der Waals surface area (Å²) in [6.45, 7) is 8.05. The third-order valence-electron chi connectivity index (χ3n) is 6.50. The predicted octanol–water partition coefficient (Wildman–Crippen LogP) is 3.81. The van der Waals surface area contributed by atoms with Crippen LogP contribution in [0, 0.1) is 0 Å². The van der Waals surface area contributed by atoms with Crippen molar-refractivity contribution in [3.63, 3.8) is 0 Å². The van der Waals surface area contributed by atoms with Crippen molar-refractivity contribution in [2.75, 3.05) is 19.0 Å². The van der Waals surface area contributed by atoms with E-state index >= 15 is 0 Å². The Hall–Kier alpha value is -2.90. The number of benzene rings is 3. The molecule has 0 saturated carbocycles. The van der Waals surface area contributed by atoms with Gasteiger partial charge in [0.05, 0.1) is 11.2 Å². The van der Waals surface area contributed by atoms with Crippen LogP contribution in [0.3, 0.4) is 0 Å². The summed E-state index contributed by atoms with van der Waals surface area (Å²) in [7, 11) is 3.41. The zero-order chi connectivity index (χ0) is 22.1. The second-order valence-electron chi connectivity index (χ2n) is 9.38. The summed E-state index contributed by atoms with van der Waals surface area (Å²) in [4.78, 5) is 19.8. The second-order valence-corrected chi connectivity index (χ2v) is 9.38. The van der Waals surface area contributed by atoms with Gasteiger partial charge in [-0.25, -0.2) is 4.98 Å². The number of nitrogens with zero attached hydrogens (tertiary/aromatic N) is 2. The maximum absolute atomic E-state index is 12.9. The molecule has 0 unspecified atom stereocenters. The van der Waals surface area contributed by atoms with Crippen molar-refractivity contribution in [3.05, 3.63) is 52.7 Å². The van der Waals surface area contributed by atoms with Crippen LogP contribution in [0.25, 0.3) is 33.3 Å². The van der Waals surface area contributed by atoms with Crippen LogP contribution in [0.5, 0.6) is 0 Å². The van der Waals surface area contributed by atoms with Gasteiger partial charge in [0.1, 0.15) is 11.2 Å². The fourth-order valence-corrected chi connectivity index (χ4v) is 3.88. The minimum atomic E-state index is -0.525. The fourth-order valence-electron chi connectivity index (χ4n) is 3.88. The third kappa shape index (κ3) is 3.11. The Bertz CT molecular complexity index is 1340. The van der Waals surface area contributed by atoms with Gasteiger partial charge in [0.15, 0.2) is 16.8 Å². The third-order valence-corrected chi connectivity index (χ3v) is 6.50. The number of rotatable bonds is 2. The molecule has 0 bridgehead atoms. The van der Waals surface area contributed by atoms with Gasteiger partial charge in [-0.15, -0.1) is 0 Å². The van der Waals surface area contributed by atoms with Crippen molar-refractivity contribution in [2.45, 2.75) is 38.9 Å². The SMILES string of the molecule is CN(C)c1ccc2nc3c4ccc(B5OC(C)(C)C(C)(C)O5)cc4c(=O)cc-3oc2c1. The topological polar surface area (TPSA) is 64.8 Å². The Morgan fingerprint density at radius 3 is 2.29 bits per heavy atom. The highest BCUT2D eigenvalue weighted by Gasteiger charge is 2.51. The molecular formula is C24H25BN2O4. The van der Waals surface area contributed by atoms with Gasteiger partial charge in [-0.2, -0.15) is 0 Å². The summed E-state index contributed by atoms with van der Waals surface area (Å²) in [5, 5.41) is 1.33. The van der Waals surface area contributed by atoms with Crippen molar-refractivity contribution in [1.29, 1.82) is 0 Å². The first-order valence-corrected chi connectivity index (χ1v) is 10.4. The molecule has 2 aliphatic heterocycles. The molecular weight excluding hydrogens is 391 g/mol. The lowest BCUT2D eigenvalue weighted by atomic mass is 9.78. The van der Waals surface area contributed by atoms with Gasteiger partial charge in [0, 0.05) is 42.7 Å². The molecule has 0 atom stereocenters. The van der Waals surface area contributed by atoms with Crippen LogP contribution >= 0.6 is 0 Å². The Morgan fingerprint density at radius 2 is 1.61 bits per heavy atom. The van der Waals surface area contributed by atoms with Crippen LogP contribution in [0.2, 0.25) is 0 Å². The maximum atomic E-state index is 12.9. The first kappa shape index (κ1) is 20.0. The summed E-state index contributed by atoms with van der Waals surface area (Å²) >= 11 is 0. The second kappa shape index (κ2) is 6.55. The summed E-state index contributed by atoms with van der Waals surface area (Å²) in [5.74, 6) is 0.476. The van der Waals surface area contributed by atoms with E-state index in [2.05, 4.69) is 0 Å². The highest BCUT2D eigenvalue weighted by molar-refractivity contribution is 6.62. The smallest absolute Gasteiger partial charge is 0.453 e. The van der Waals surface area contributed by atoms with E-state index in [0.717, 1.165) is 22.1 Å². The number of aromatic nitrogens is 1. The molecule has 3 aliphatic rings. The van der Waals surface area contributed by atoms with E-state index in [1.165, 1.54) is 6.07 Å². The molecule has 2 heterocycles. The summed E-state index contributed by atoms with van der Waals surface area (Å²) < 4.78 is 18.4. The number of fused-ring (bicyclic) bond motifs is 4. The average molecular weight is 416 g/mol. The standard InChI is InChI=1S/C24H25BN2O4/c1-23(2)24(3,4)31-25(30-23)14-7-9-16-17(11-14)19(28)13-21-22(16)26-18-10-8-15(27(5)6)12-20(18)29-21/h7-13H,1-6H3. The van der Waals surface area contributed by atoms with E-state index in [1.807, 2.05) is 83.1 Å². The Balaban J connectivity index is 1.66. The highest BCUT2D eigenvalue weighted by Crippen LogP contribution is 2.37. The van der Waals surface area contributed by atoms with E-state index in [-0.39, 0.29) is 5.43 Å². The van der Waals surface area contributed by atoms with Crippen LogP contribution < -0.4 is 15.8 Å². The average Bonchev–Trinajstić information content (AvgIpc) is 2.93. The minimum Gasteiger partial charge on any atom is -0.453 e. The summed E-state index contributed by atoms with van der Waals surface area (Å²) in [5.41, 5.74) is 2.87. The Labute approximate surface area is 181 Å². The van der Waals surface area contributed by atoms with Gasteiger partial charge in [-0.3, -0.25) is 4.79 Å².